The topological polar surface area (TPSA) is 64.7 Å². The molecule has 102 valence electrons. The Morgan fingerprint density at radius 2 is 2.00 bits per heavy atom. The van der Waals surface area contributed by atoms with Gasteiger partial charge >= 0.3 is 0 Å². The Kier molecular flexibility index (Phi) is 4.90. The average molecular weight is 333 g/mol. The van der Waals surface area contributed by atoms with Crippen molar-refractivity contribution < 1.29 is 9.53 Å². The second kappa shape index (κ2) is 6.86. The zero-order chi connectivity index (χ0) is 14.4. The van der Waals surface area contributed by atoms with Crippen LogP contribution in [0.15, 0.2) is 58.0 Å². The first-order chi connectivity index (χ1) is 9.63. The summed E-state index contributed by atoms with van der Waals surface area (Å²) in [7, 11) is 0. The molecule has 2 rings (SSSR count). The Hall–Kier alpha value is -2.14. The molecule has 0 fully saturated rings. The molecule has 2 aromatic rings. The predicted octanol–water partition coefficient (Wildman–Crippen LogP) is 3.06. The lowest BCUT2D eigenvalue weighted by molar-refractivity contribution is -0.119. The summed E-state index contributed by atoms with van der Waals surface area (Å²) in [6.07, 6.45) is 1.76. The van der Waals surface area contributed by atoms with Crippen molar-refractivity contribution in [1.29, 1.82) is 0 Å². The monoisotopic (exact) mass is 332 g/mol. The fourth-order valence-electron chi connectivity index (χ4n) is 1.51. The molecule has 0 saturated carbocycles. The molecule has 0 heterocycles. The van der Waals surface area contributed by atoms with Gasteiger partial charge in [-0.15, -0.1) is 0 Å². The Morgan fingerprint density at radius 1 is 1.25 bits per heavy atom. The van der Waals surface area contributed by atoms with Crippen LogP contribution in [0, 0.1) is 0 Å². The summed E-state index contributed by atoms with van der Waals surface area (Å²) in [5, 5.41) is 0. The van der Waals surface area contributed by atoms with Crippen LogP contribution in [0.3, 0.4) is 0 Å². The van der Waals surface area contributed by atoms with Crippen molar-refractivity contribution in [2.45, 2.75) is 0 Å². The van der Waals surface area contributed by atoms with Gasteiger partial charge < -0.3 is 10.5 Å². The third-order valence-corrected chi connectivity index (χ3v) is 2.93. The van der Waals surface area contributed by atoms with Gasteiger partial charge in [-0.1, -0.05) is 22.0 Å². The van der Waals surface area contributed by atoms with Crippen LogP contribution in [-0.4, -0.2) is 18.7 Å². The number of nitrogens with zero attached hydrogens (tertiary/aromatic N) is 1. The van der Waals surface area contributed by atoms with Gasteiger partial charge in [-0.3, -0.25) is 9.79 Å². The molecule has 2 N–H and O–H groups in total. The minimum absolute atomic E-state index is 0.120. The number of halogens is 1. The van der Waals surface area contributed by atoms with Crippen molar-refractivity contribution in [2.75, 3.05) is 6.61 Å². The van der Waals surface area contributed by atoms with E-state index in [0.29, 0.717) is 5.75 Å². The van der Waals surface area contributed by atoms with Crippen molar-refractivity contribution in [3.8, 4) is 5.75 Å². The van der Waals surface area contributed by atoms with Crippen molar-refractivity contribution in [2.24, 2.45) is 10.7 Å². The number of nitrogens with two attached hydrogens (primary N) is 1. The highest BCUT2D eigenvalue weighted by Crippen LogP contribution is 2.18. The highest BCUT2D eigenvalue weighted by Gasteiger charge is 1.97. The highest BCUT2D eigenvalue weighted by atomic mass is 79.9. The first-order valence-electron chi connectivity index (χ1n) is 5.94. The maximum atomic E-state index is 10.6. The van der Waals surface area contributed by atoms with E-state index in [0.717, 1.165) is 15.7 Å². The SMILES string of the molecule is NC(=O)COc1ccc(C=Nc2cccc(Br)c2)cc1. The number of amides is 1. The molecule has 0 aliphatic heterocycles. The Labute approximate surface area is 125 Å². The second-order valence-electron chi connectivity index (χ2n) is 4.06. The van der Waals surface area contributed by atoms with Gasteiger partial charge in [0.05, 0.1) is 5.69 Å². The molecular formula is C15H13BrN2O2. The minimum atomic E-state index is -0.495. The summed E-state index contributed by atoms with van der Waals surface area (Å²) in [6.45, 7) is -0.120. The third kappa shape index (κ3) is 4.51. The summed E-state index contributed by atoms with van der Waals surface area (Å²) in [4.78, 5) is 15.0. The highest BCUT2D eigenvalue weighted by molar-refractivity contribution is 9.10. The second-order valence-corrected chi connectivity index (χ2v) is 4.98. The van der Waals surface area contributed by atoms with Gasteiger partial charge in [0, 0.05) is 10.7 Å². The van der Waals surface area contributed by atoms with Crippen LogP contribution in [-0.2, 0) is 4.79 Å². The maximum Gasteiger partial charge on any atom is 0.255 e. The van der Waals surface area contributed by atoms with Gasteiger partial charge in [0.25, 0.3) is 5.91 Å². The van der Waals surface area contributed by atoms with E-state index in [1.54, 1.807) is 18.3 Å². The van der Waals surface area contributed by atoms with Gasteiger partial charge in [-0.25, -0.2) is 0 Å². The van der Waals surface area contributed by atoms with Crippen LogP contribution in [0.4, 0.5) is 5.69 Å². The summed E-state index contributed by atoms with van der Waals surface area (Å²) < 4.78 is 6.16. The number of carbonyl (C=O) groups excluding carboxylic acids is 1. The molecule has 5 heteroatoms. The van der Waals surface area contributed by atoms with E-state index >= 15 is 0 Å². The van der Waals surface area contributed by atoms with E-state index in [4.69, 9.17) is 10.5 Å². The molecule has 0 aromatic heterocycles. The Bertz CT molecular complexity index is 624. The van der Waals surface area contributed by atoms with Gasteiger partial charge in [0.2, 0.25) is 0 Å². The smallest absolute Gasteiger partial charge is 0.255 e. The van der Waals surface area contributed by atoms with Crippen LogP contribution < -0.4 is 10.5 Å². The average Bonchev–Trinajstić information content (AvgIpc) is 2.44. The Morgan fingerprint density at radius 3 is 2.65 bits per heavy atom. The molecule has 0 aliphatic rings. The molecule has 20 heavy (non-hydrogen) atoms. The molecular weight excluding hydrogens is 320 g/mol. The van der Waals surface area contributed by atoms with Gasteiger partial charge in [-0.05, 0) is 48.0 Å². The largest absolute Gasteiger partial charge is 0.484 e. The Balaban J connectivity index is 2.01. The van der Waals surface area contributed by atoms with Gasteiger partial charge in [0.1, 0.15) is 5.75 Å². The van der Waals surface area contributed by atoms with E-state index in [1.807, 2.05) is 36.4 Å². The van der Waals surface area contributed by atoms with Crippen LogP contribution in [0.5, 0.6) is 5.75 Å². The standard InChI is InChI=1S/C15H13BrN2O2/c16-12-2-1-3-13(8-12)18-9-11-4-6-14(7-5-11)20-10-15(17)19/h1-9H,10H2,(H2,17,19). The third-order valence-electron chi connectivity index (χ3n) is 2.43. The number of benzene rings is 2. The summed E-state index contributed by atoms with van der Waals surface area (Å²) in [6, 6.07) is 15.0. The zero-order valence-electron chi connectivity index (χ0n) is 10.6. The van der Waals surface area contributed by atoms with Crippen molar-refractivity contribution >= 4 is 33.7 Å². The quantitative estimate of drug-likeness (QED) is 0.855. The normalized spacial score (nSPS) is 10.7. The first-order valence-corrected chi connectivity index (χ1v) is 6.73. The molecule has 0 spiro atoms. The molecule has 1 amide bonds. The number of ether oxygens (including phenoxy) is 1. The molecule has 0 aliphatic carbocycles. The van der Waals surface area contributed by atoms with Crippen molar-refractivity contribution in [3.63, 3.8) is 0 Å². The predicted molar refractivity (Wildman–Crippen MR) is 82.5 cm³/mol. The molecule has 0 unspecified atom stereocenters. The van der Waals surface area contributed by atoms with E-state index in [-0.39, 0.29) is 6.61 Å². The van der Waals surface area contributed by atoms with Crippen LogP contribution >= 0.6 is 15.9 Å². The van der Waals surface area contributed by atoms with E-state index < -0.39 is 5.91 Å². The number of primary amides is 1. The van der Waals surface area contributed by atoms with E-state index in [9.17, 15) is 4.79 Å². The van der Waals surface area contributed by atoms with Gasteiger partial charge in [0.15, 0.2) is 6.61 Å². The molecule has 0 atom stereocenters. The minimum Gasteiger partial charge on any atom is -0.484 e. The van der Waals surface area contributed by atoms with Crippen LogP contribution in [0.1, 0.15) is 5.56 Å². The summed E-state index contributed by atoms with van der Waals surface area (Å²) in [5.41, 5.74) is 6.82. The van der Waals surface area contributed by atoms with Crippen LogP contribution in [0.2, 0.25) is 0 Å². The fourth-order valence-corrected chi connectivity index (χ4v) is 1.90. The number of hydrogen-bond donors (Lipinski definition) is 1. The number of carbonyl (C=O) groups is 1. The molecule has 0 radical (unpaired) electrons. The van der Waals surface area contributed by atoms with E-state index in [2.05, 4.69) is 20.9 Å². The summed E-state index contributed by atoms with van der Waals surface area (Å²) >= 11 is 3.40. The van der Waals surface area contributed by atoms with E-state index in [1.165, 1.54) is 0 Å². The first kappa shape index (κ1) is 14.3. The van der Waals surface area contributed by atoms with Crippen molar-refractivity contribution in [1.82, 2.24) is 0 Å². The number of aliphatic imine (C=N–C) groups is 1. The number of rotatable bonds is 5. The van der Waals surface area contributed by atoms with Crippen LogP contribution in [0.25, 0.3) is 0 Å². The molecule has 0 bridgehead atoms. The molecule has 2 aromatic carbocycles. The fraction of sp³-hybridized carbons (Fsp3) is 0.0667. The lowest BCUT2D eigenvalue weighted by Crippen LogP contribution is -2.19. The van der Waals surface area contributed by atoms with Crippen molar-refractivity contribution in [3.05, 3.63) is 58.6 Å². The molecule has 0 saturated heterocycles. The summed E-state index contributed by atoms with van der Waals surface area (Å²) in [5.74, 6) is 0.105. The number of hydrogen-bond acceptors (Lipinski definition) is 3. The maximum absolute atomic E-state index is 10.6. The lowest BCUT2D eigenvalue weighted by Gasteiger charge is -2.03. The zero-order valence-corrected chi connectivity index (χ0v) is 12.2. The lowest BCUT2D eigenvalue weighted by atomic mass is 10.2. The molecule has 4 nitrogen and oxygen atoms in total. The van der Waals surface area contributed by atoms with Gasteiger partial charge in [-0.2, -0.15) is 0 Å².